The maximum Gasteiger partial charge on any atom is 0.132 e. The zero-order chi connectivity index (χ0) is 27.1. The van der Waals surface area contributed by atoms with Crippen LogP contribution in [0.4, 0.5) is 0 Å². The smallest absolute Gasteiger partial charge is 0.132 e. The van der Waals surface area contributed by atoms with Crippen LogP contribution in [-0.4, -0.2) is 4.57 Å². The van der Waals surface area contributed by atoms with Gasteiger partial charge in [0.25, 0.3) is 0 Å². The van der Waals surface area contributed by atoms with Crippen molar-refractivity contribution >= 4 is 21.8 Å². The quantitative estimate of drug-likeness (QED) is 0.216. The van der Waals surface area contributed by atoms with E-state index in [1.807, 2.05) is 30.3 Å². The van der Waals surface area contributed by atoms with Crippen molar-refractivity contribution in [2.75, 3.05) is 0 Å². The van der Waals surface area contributed by atoms with Crippen LogP contribution in [0.15, 0.2) is 133 Å². The van der Waals surface area contributed by atoms with E-state index < -0.39 is 5.41 Å². The first-order chi connectivity index (χ1) is 20.3. The molecular weight excluding hydrogens is 500 g/mol. The topological polar surface area (TPSA) is 37.9 Å². The Hall–Kier alpha value is -5.59. The first-order valence-corrected chi connectivity index (χ1v) is 13.8. The Kier molecular flexibility index (Phi) is 4.33. The van der Waals surface area contributed by atoms with Gasteiger partial charge in [0.15, 0.2) is 0 Å². The lowest BCUT2D eigenvalue weighted by molar-refractivity contribution is 0.434. The van der Waals surface area contributed by atoms with E-state index in [0.717, 1.165) is 33.8 Å². The molecule has 6 aromatic carbocycles. The Balaban J connectivity index is 1.43. The number of ether oxygens (including phenoxy) is 1. The highest BCUT2D eigenvalue weighted by Gasteiger charge is 2.50. The van der Waals surface area contributed by atoms with Crippen molar-refractivity contribution in [1.82, 2.24) is 4.57 Å². The maximum absolute atomic E-state index is 9.28. The van der Waals surface area contributed by atoms with Crippen LogP contribution in [0, 0.1) is 11.3 Å². The molecule has 41 heavy (non-hydrogen) atoms. The van der Waals surface area contributed by atoms with E-state index in [4.69, 9.17) is 4.74 Å². The molecule has 0 saturated carbocycles. The van der Waals surface area contributed by atoms with Crippen LogP contribution in [0.5, 0.6) is 11.5 Å². The molecule has 0 fully saturated rings. The summed E-state index contributed by atoms with van der Waals surface area (Å²) in [7, 11) is 0. The summed E-state index contributed by atoms with van der Waals surface area (Å²) in [5.41, 5.74) is 10.6. The molecule has 0 amide bonds. The Bertz CT molecular complexity index is 2250. The second kappa shape index (κ2) is 7.97. The Morgan fingerprint density at radius 1 is 0.561 bits per heavy atom. The summed E-state index contributed by atoms with van der Waals surface area (Å²) < 4.78 is 9.16. The van der Waals surface area contributed by atoms with Crippen LogP contribution < -0.4 is 4.74 Å². The molecule has 3 nitrogen and oxygen atoms in total. The van der Waals surface area contributed by atoms with E-state index in [-0.39, 0.29) is 0 Å². The lowest BCUT2D eigenvalue weighted by atomic mass is 9.61. The molecule has 0 bridgehead atoms. The Morgan fingerprint density at radius 2 is 1.24 bits per heavy atom. The zero-order valence-electron chi connectivity index (χ0n) is 22.0. The fourth-order valence-corrected chi connectivity index (χ4v) is 7.24. The molecule has 3 heterocycles. The van der Waals surface area contributed by atoms with Gasteiger partial charge in [-0.25, -0.2) is 0 Å². The summed E-state index contributed by atoms with van der Waals surface area (Å²) in [6.07, 6.45) is 0. The van der Waals surface area contributed by atoms with Gasteiger partial charge in [-0.05, 0) is 58.7 Å². The minimum absolute atomic E-state index is 0.562. The molecule has 1 aromatic heterocycles. The van der Waals surface area contributed by atoms with Crippen molar-refractivity contribution in [3.63, 3.8) is 0 Å². The van der Waals surface area contributed by atoms with Crippen LogP contribution in [-0.2, 0) is 5.41 Å². The molecule has 7 aromatic rings. The fourth-order valence-electron chi connectivity index (χ4n) is 7.24. The van der Waals surface area contributed by atoms with Crippen LogP contribution in [0.2, 0.25) is 0 Å². The van der Waals surface area contributed by atoms with Crippen LogP contribution in [0.3, 0.4) is 0 Å². The number of nitrogens with zero attached hydrogens (tertiary/aromatic N) is 2. The normalized spacial score (nSPS) is 16.1. The average molecular weight is 523 g/mol. The van der Waals surface area contributed by atoms with Gasteiger partial charge in [-0.1, -0.05) is 97.1 Å². The second-order valence-electron chi connectivity index (χ2n) is 10.8. The van der Waals surface area contributed by atoms with Gasteiger partial charge in [-0.2, -0.15) is 5.26 Å². The van der Waals surface area contributed by atoms with Crippen molar-refractivity contribution in [3.8, 4) is 34.4 Å². The lowest BCUT2D eigenvalue weighted by Gasteiger charge is -2.45. The van der Waals surface area contributed by atoms with Crippen molar-refractivity contribution in [2.24, 2.45) is 0 Å². The third-order valence-electron chi connectivity index (χ3n) is 8.89. The standard InChI is InChI=1S/C38H22N2O/c39-23-24-16-18-25(19-17-24)26-20-21-31-36(22-26)41-35-15-6-3-11-30(35)38(31)29-10-2-5-14-34(29)40-33-13-4-1-8-27(33)28-9-7-12-32(38)37(28)40/h1-22H. The highest BCUT2D eigenvalue weighted by molar-refractivity contribution is 6.12. The molecule has 0 saturated heterocycles. The van der Waals surface area contributed by atoms with Gasteiger partial charge in [0.2, 0.25) is 0 Å². The van der Waals surface area contributed by atoms with Crippen LogP contribution >= 0.6 is 0 Å². The minimum Gasteiger partial charge on any atom is -0.457 e. The van der Waals surface area contributed by atoms with Gasteiger partial charge in [-0.3, -0.25) is 0 Å². The van der Waals surface area contributed by atoms with Crippen molar-refractivity contribution in [3.05, 3.63) is 161 Å². The molecule has 2 aliphatic heterocycles. The highest BCUT2D eigenvalue weighted by Crippen LogP contribution is 2.60. The largest absolute Gasteiger partial charge is 0.457 e. The maximum atomic E-state index is 9.28. The Morgan fingerprint density at radius 3 is 2.12 bits per heavy atom. The van der Waals surface area contributed by atoms with E-state index in [2.05, 4.69) is 114 Å². The van der Waals surface area contributed by atoms with Gasteiger partial charge in [0, 0.05) is 21.9 Å². The van der Waals surface area contributed by atoms with E-state index >= 15 is 0 Å². The number of aromatic nitrogens is 1. The van der Waals surface area contributed by atoms with E-state index in [9.17, 15) is 5.26 Å². The number of nitriles is 1. The van der Waals surface area contributed by atoms with Crippen LogP contribution in [0.25, 0.3) is 38.6 Å². The minimum atomic E-state index is -0.562. The molecule has 0 N–H and O–H groups in total. The molecule has 3 heteroatoms. The van der Waals surface area contributed by atoms with Crippen molar-refractivity contribution in [2.45, 2.75) is 5.41 Å². The molecule has 9 rings (SSSR count). The number of hydrogen-bond donors (Lipinski definition) is 0. The Labute approximate surface area is 237 Å². The number of hydrogen-bond acceptors (Lipinski definition) is 2. The van der Waals surface area contributed by atoms with Gasteiger partial charge in [-0.15, -0.1) is 0 Å². The molecule has 1 atom stereocenters. The fraction of sp³-hybridized carbons (Fsp3) is 0.0263. The summed E-state index contributed by atoms with van der Waals surface area (Å²) in [5, 5.41) is 11.8. The summed E-state index contributed by atoms with van der Waals surface area (Å²) in [5.74, 6) is 1.72. The van der Waals surface area contributed by atoms with Gasteiger partial charge in [0.05, 0.1) is 33.8 Å². The average Bonchev–Trinajstić information content (AvgIpc) is 3.38. The molecular formula is C38H22N2O. The zero-order valence-corrected chi connectivity index (χ0v) is 22.0. The van der Waals surface area contributed by atoms with E-state index in [0.29, 0.717) is 5.56 Å². The van der Waals surface area contributed by atoms with Gasteiger partial charge < -0.3 is 9.30 Å². The first-order valence-electron chi connectivity index (χ1n) is 13.8. The van der Waals surface area contributed by atoms with Crippen molar-refractivity contribution < 1.29 is 4.74 Å². The number of rotatable bonds is 1. The molecule has 2 aliphatic rings. The summed E-state index contributed by atoms with van der Waals surface area (Å²) in [6, 6.07) is 49.3. The van der Waals surface area contributed by atoms with E-state index in [1.165, 1.54) is 38.6 Å². The highest BCUT2D eigenvalue weighted by atomic mass is 16.5. The second-order valence-corrected chi connectivity index (χ2v) is 10.8. The first kappa shape index (κ1) is 22.2. The van der Waals surface area contributed by atoms with Gasteiger partial charge in [0.1, 0.15) is 11.5 Å². The third kappa shape index (κ3) is 2.76. The summed E-state index contributed by atoms with van der Waals surface area (Å²) >= 11 is 0. The summed E-state index contributed by atoms with van der Waals surface area (Å²) in [4.78, 5) is 0. The number of para-hydroxylation sites is 4. The molecule has 0 aliphatic carbocycles. The lowest BCUT2D eigenvalue weighted by Crippen LogP contribution is -2.37. The summed E-state index contributed by atoms with van der Waals surface area (Å²) in [6.45, 7) is 0. The number of fused-ring (bicyclic) bond motifs is 11. The van der Waals surface area contributed by atoms with Crippen LogP contribution in [0.1, 0.15) is 27.8 Å². The number of benzene rings is 6. The molecule has 1 spiro atoms. The van der Waals surface area contributed by atoms with Crippen molar-refractivity contribution in [1.29, 1.82) is 5.26 Å². The predicted molar refractivity (Wildman–Crippen MR) is 163 cm³/mol. The molecule has 0 radical (unpaired) electrons. The monoisotopic (exact) mass is 522 g/mol. The van der Waals surface area contributed by atoms with Gasteiger partial charge >= 0.3 is 0 Å². The molecule has 1 unspecified atom stereocenters. The SMILES string of the molecule is N#Cc1ccc(-c2ccc3c(c2)Oc2ccccc2C32c3ccccc3-n3c4ccccc4c4cccc2c43)cc1. The predicted octanol–water partition coefficient (Wildman–Crippen LogP) is 9.12. The third-order valence-corrected chi connectivity index (χ3v) is 8.89. The molecule has 190 valence electrons. The van der Waals surface area contributed by atoms with E-state index in [1.54, 1.807) is 0 Å².